The molecule has 4 rings (SSSR count). The molecule has 3 heteroatoms. The Hall–Kier alpha value is -1.77. The first-order valence-electron chi connectivity index (χ1n) is 11.4. The van der Waals surface area contributed by atoms with Gasteiger partial charge < -0.3 is 0 Å². The molecule has 0 aliphatic rings. The molecule has 0 fully saturated rings. The molecule has 0 spiro atoms. The average molecular weight is 515 g/mol. The van der Waals surface area contributed by atoms with Crippen molar-refractivity contribution in [3.63, 3.8) is 0 Å². The molecule has 4 atom stereocenters. The summed E-state index contributed by atoms with van der Waals surface area (Å²) < 4.78 is 0. The molecule has 0 nitrogen and oxygen atoms in total. The molecule has 33 heavy (non-hydrogen) atoms. The Morgan fingerprint density at radius 3 is 1.00 bits per heavy atom. The average Bonchev–Trinajstić information content (AvgIpc) is 2.88. The molecule has 0 heterocycles. The van der Waals surface area contributed by atoms with Gasteiger partial charge in [-0.05, 0) is 59.3 Å². The van der Waals surface area contributed by atoms with Crippen LogP contribution in [0.3, 0.4) is 0 Å². The molecule has 4 aromatic carbocycles. The van der Waals surface area contributed by atoms with Crippen LogP contribution in [-0.2, 0) is 29.3 Å². The number of hydrogen-bond acceptors (Lipinski definition) is 0. The van der Waals surface area contributed by atoms with Crippen LogP contribution in [-0.4, -0.2) is 0 Å². The van der Waals surface area contributed by atoms with Crippen molar-refractivity contribution in [2.45, 2.75) is 37.0 Å². The van der Waals surface area contributed by atoms with Gasteiger partial charge in [-0.1, -0.05) is 121 Å². The Labute approximate surface area is 215 Å². The van der Waals surface area contributed by atoms with Crippen LogP contribution < -0.4 is 0 Å². The van der Waals surface area contributed by atoms with Gasteiger partial charge in [-0.3, -0.25) is 0 Å². The molecule has 4 aromatic rings. The van der Waals surface area contributed by atoms with E-state index >= 15 is 0 Å². The fraction of sp³-hybridized carbons (Fsp3) is 0.200. The van der Waals surface area contributed by atoms with Gasteiger partial charge in [0.1, 0.15) is 0 Å². The molecule has 0 saturated heterocycles. The topological polar surface area (TPSA) is 0 Å². The number of rotatable bonds is 8. The summed E-state index contributed by atoms with van der Waals surface area (Å²) in [6.07, 6.45) is 4.64. The van der Waals surface area contributed by atoms with E-state index in [0.29, 0.717) is 11.3 Å². The molecule has 0 aliphatic carbocycles. The van der Waals surface area contributed by atoms with Crippen LogP contribution >= 0.6 is 18.5 Å². The monoisotopic (exact) mass is 514 g/mol. The smallest absolute Gasteiger partial charge is 0 e. The summed E-state index contributed by atoms with van der Waals surface area (Å²) in [5.41, 5.74) is 6.77. The Morgan fingerprint density at radius 2 is 0.697 bits per heavy atom. The number of aryl methyl sites for hydroxylation is 2. The summed E-state index contributed by atoms with van der Waals surface area (Å²) in [5.74, 6) is 0. The van der Waals surface area contributed by atoms with E-state index in [1.807, 2.05) is 0 Å². The van der Waals surface area contributed by atoms with Crippen LogP contribution in [0.4, 0.5) is 0 Å². The largest absolute Gasteiger partial charge is 0.130 e. The van der Waals surface area contributed by atoms with Gasteiger partial charge in [0.05, 0.1) is 0 Å². The second-order valence-electron chi connectivity index (χ2n) is 8.08. The Balaban J connectivity index is 0.000000227. The van der Waals surface area contributed by atoms with Crippen LogP contribution in [0.15, 0.2) is 121 Å². The standard InChI is InChI=1S/2C15H17P.Ni/c2*16-15(14-9-5-2-6-10-14)12-11-13-7-3-1-4-8-13;/h2*1-10,15H,11-12,16H2;. The van der Waals surface area contributed by atoms with Gasteiger partial charge in [0.15, 0.2) is 0 Å². The van der Waals surface area contributed by atoms with Crippen molar-refractivity contribution in [2.75, 3.05) is 0 Å². The molecule has 0 aromatic heterocycles. The zero-order valence-corrected chi connectivity index (χ0v) is 22.3. The minimum absolute atomic E-state index is 0. The Morgan fingerprint density at radius 1 is 0.424 bits per heavy atom. The summed E-state index contributed by atoms with van der Waals surface area (Å²) in [7, 11) is 5.89. The molecule has 0 aliphatic heterocycles. The zero-order valence-electron chi connectivity index (χ0n) is 19.0. The Kier molecular flexibility index (Phi) is 13.3. The number of benzene rings is 4. The normalized spacial score (nSPS) is 11.9. The first kappa shape index (κ1) is 27.5. The van der Waals surface area contributed by atoms with Crippen LogP contribution in [0.1, 0.15) is 46.4 Å². The van der Waals surface area contributed by atoms with Crippen LogP contribution in [0.2, 0.25) is 0 Å². The van der Waals surface area contributed by atoms with E-state index in [1.165, 1.54) is 35.1 Å². The maximum atomic E-state index is 2.94. The summed E-state index contributed by atoms with van der Waals surface area (Å²) in [6, 6.07) is 42.7. The van der Waals surface area contributed by atoms with E-state index in [0.717, 1.165) is 12.8 Å². The third-order valence-electron chi connectivity index (χ3n) is 5.63. The van der Waals surface area contributed by atoms with E-state index in [-0.39, 0.29) is 16.5 Å². The fourth-order valence-electron chi connectivity index (χ4n) is 3.67. The van der Waals surface area contributed by atoms with Gasteiger partial charge in [-0.2, -0.15) is 0 Å². The molecule has 4 unspecified atom stereocenters. The summed E-state index contributed by atoms with van der Waals surface area (Å²) >= 11 is 0. The van der Waals surface area contributed by atoms with Crippen molar-refractivity contribution in [1.29, 1.82) is 0 Å². The van der Waals surface area contributed by atoms with E-state index in [9.17, 15) is 0 Å². The third kappa shape index (κ3) is 10.4. The van der Waals surface area contributed by atoms with Gasteiger partial charge in [0.2, 0.25) is 0 Å². The van der Waals surface area contributed by atoms with Gasteiger partial charge in [0.25, 0.3) is 0 Å². The summed E-state index contributed by atoms with van der Waals surface area (Å²) in [5, 5.41) is 0. The SMILES string of the molecule is PC(CCc1ccccc1)c1ccccc1.PC(CCc1ccccc1)c1ccccc1.[Ni]. The third-order valence-corrected chi connectivity index (χ3v) is 7.07. The summed E-state index contributed by atoms with van der Waals surface area (Å²) in [6.45, 7) is 0. The second kappa shape index (κ2) is 16.0. The van der Waals surface area contributed by atoms with Gasteiger partial charge in [-0.15, -0.1) is 18.5 Å². The molecule has 0 N–H and O–H groups in total. The minimum Gasteiger partial charge on any atom is -0.130 e. The Bertz CT molecular complexity index is 907. The van der Waals surface area contributed by atoms with Gasteiger partial charge >= 0.3 is 0 Å². The first-order chi connectivity index (χ1) is 15.7. The zero-order chi connectivity index (χ0) is 22.4. The minimum atomic E-state index is 0. The van der Waals surface area contributed by atoms with E-state index in [1.54, 1.807) is 0 Å². The van der Waals surface area contributed by atoms with Crippen LogP contribution in [0, 0.1) is 0 Å². The summed E-state index contributed by atoms with van der Waals surface area (Å²) in [4.78, 5) is 0. The van der Waals surface area contributed by atoms with Crippen molar-refractivity contribution in [3.05, 3.63) is 144 Å². The molecule has 0 bridgehead atoms. The maximum Gasteiger partial charge on any atom is 0 e. The quantitative estimate of drug-likeness (QED) is 0.163. The van der Waals surface area contributed by atoms with E-state index < -0.39 is 0 Å². The second-order valence-corrected chi connectivity index (χ2v) is 9.69. The van der Waals surface area contributed by atoms with E-state index in [2.05, 4.69) is 140 Å². The molecule has 174 valence electrons. The molecular weight excluding hydrogens is 481 g/mol. The van der Waals surface area contributed by atoms with Crippen molar-refractivity contribution >= 4 is 18.5 Å². The fourth-order valence-corrected chi connectivity index (χ4v) is 4.45. The number of hydrogen-bond donors (Lipinski definition) is 0. The maximum absolute atomic E-state index is 2.94. The molecule has 0 amide bonds. The molecule has 0 saturated carbocycles. The predicted octanol–water partition coefficient (Wildman–Crippen LogP) is 8.47. The predicted molar refractivity (Wildman–Crippen MR) is 147 cm³/mol. The molecule has 0 radical (unpaired) electrons. The van der Waals surface area contributed by atoms with Crippen molar-refractivity contribution in [3.8, 4) is 0 Å². The van der Waals surface area contributed by atoms with Gasteiger partial charge in [0, 0.05) is 16.5 Å². The van der Waals surface area contributed by atoms with Crippen molar-refractivity contribution in [1.82, 2.24) is 0 Å². The van der Waals surface area contributed by atoms with Gasteiger partial charge in [-0.25, -0.2) is 0 Å². The first-order valence-corrected chi connectivity index (χ1v) is 12.7. The molecular formula is C30H34NiP2. The van der Waals surface area contributed by atoms with Crippen LogP contribution in [0.5, 0.6) is 0 Å². The van der Waals surface area contributed by atoms with Crippen molar-refractivity contribution in [2.24, 2.45) is 0 Å². The van der Waals surface area contributed by atoms with E-state index in [4.69, 9.17) is 0 Å². The van der Waals surface area contributed by atoms with Crippen LogP contribution in [0.25, 0.3) is 0 Å². The van der Waals surface area contributed by atoms with Crippen molar-refractivity contribution < 1.29 is 16.5 Å².